The van der Waals surface area contributed by atoms with Crippen LogP contribution in [0.4, 0.5) is 0 Å². The second kappa shape index (κ2) is 57.4. The van der Waals surface area contributed by atoms with E-state index in [1.807, 2.05) is 0 Å². The maximum absolute atomic E-state index is 12.8. The van der Waals surface area contributed by atoms with Gasteiger partial charge < -0.3 is 14.2 Å². The molecule has 0 saturated carbocycles. The highest BCUT2D eigenvalue weighted by atomic mass is 16.6. The van der Waals surface area contributed by atoms with Gasteiger partial charge >= 0.3 is 11.9 Å². The van der Waals surface area contributed by atoms with Gasteiger partial charge in [0.15, 0.2) is 6.10 Å². The highest BCUT2D eigenvalue weighted by molar-refractivity contribution is 5.70. The molecule has 0 bridgehead atoms. The van der Waals surface area contributed by atoms with Gasteiger partial charge in [0.25, 0.3) is 0 Å². The molecule has 0 aromatic carbocycles. The lowest BCUT2D eigenvalue weighted by Crippen LogP contribution is -2.30. The van der Waals surface area contributed by atoms with Gasteiger partial charge in [-0.25, -0.2) is 0 Å². The summed E-state index contributed by atoms with van der Waals surface area (Å²) < 4.78 is 17.3. The molecule has 384 valence electrons. The average Bonchev–Trinajstić information content (AvgIpc) is 3.34. The lowest BCUT2D eigenvalue weighted by atomic mass is 10.0. The summed E-state index contributed by atoms with van der Waals surface area (Å²) in [6.45, 7) is 7.39. The molecule has 0 aromatic heterocycles. The molecule has 0 amide bonds. The summed E-state index contributed by atoms with van der Waals surface area (Å²) in [5.41, 5.74) is 0. The van der Waals surface area contributed by atoms with Crippen LogP contribution < -0.4 is 0 Å². The summed E-state index contributed by atoms with van der Waals surface area (Å²) in [6, 6.07) is 0. The molecule has 0 aliphatic heterocycles. The summed E-state index contributed by atoms with van der Waals surface area (Å²) in [5, 5.41) is 0. The van der Waals surface area contributed by atoms with E-state index in [4.69, 9.17) is 14.2 Å². The van der Waals surface area contributed by atoms with Gasteiger partial charge in [-0.05, 0) is 103 Å². The van der Waals surface area contributed by atoms with Gasteiger partial charge in [-0.3, -0.25) is 9.59 Å². The van der Waals surface area contributed by atoms with Crippen molar-refractivity contribution in [2.75, 3.05) is 19.8 Å². The van der Waals surface area contributed by atoms with Gasteiger partial charge in [0, 0.05) is 19.4 Å². The van der Waals surface area contributed by atoms with Crippen molar-refractivity contribution < 1.29 is 23.8 Å². The predicted octanol–water partition coefficient (Wildman–Crippen LogP) is 19.1. The first kappa shape index (κ1) is 64.0. The van der Waals surface area contributed by atoms with E-state index in [0.29, 0.717) is 19.4 Å². The summed E-state index contributed by atoms with van der Waals surface area (Å²) in [7, 11) is 0. The fourth-order valence-electron chi connectivity index (χ4n) is 7.15. The minimum atomic E-state index is -0.598. The number of ether oxygens (including phenoxy) is 3. The van der Waals surface area contributed by atoms with E-state index < -0.39 is 6.10 Å². The Hall–Kier alpha value is -3.96. The van der Waals surface area contributed by atoms with Gasteiger partial charge in [0.05, 0.1) is 6.61 Å². The first-order valence-corrected chi connectivity index (χ1v) is 27.7. The SMILES string of the molecule is CC/C=C\C/C=C\C/C=C\C/C=C\C/C=C\C/C=C\CCCOCC(COC(=O)CCC/C=C\C/C=C\C/C=C\C/C=C\C/C=C\CC)OC(=O)CCCCCCCCCCCCCCCCC. The fraction of sp³-hybridized carbons (Fsp3) is 0.619. The predicted molar refractivity (Wildman–Crippen MR) is 297 cm³/mol. The van der Waals surface area contributed by atoms with Gasteiger partial charge in [-0.2, -0.15) is 0 Å². The number of allylic oxidation sites excluding steroid dienone is 22. The van der Waals surface area contributed by atoms with Crippen molar-refractivity contribution in [2.45, 2.75) is 232 Å². The topological polar surface area (TPSA) is 61.8 Å². The van der Waals surface area contributed by atoms with Crippen molar-refractivity contribution in [1.29, 1.82) is 0 Å². The van der Waals surface area contributed by atoms with Gasteiger partial charge in [0.2, 0.25) is 0 Å². The molecular formula is C63H102O5. The smallest absolute Gasteiger partial charge is 0.306 e. The van der Waals surface area contributed by atoms with E-state index in [0.717, 1.165) is 116 Å². The molecule has 1 atom stereocenters. The van der Waals surface area contributed by atoms with E-state index in [9.17, 15) is 9.59 Å². The first-order valence-electron chi connectivity index (χ1n) is 27.7. The van der Waals surface area contributed by atoms with Crippen molar-refractivity contribution in [3.8, 4) is 0 Å². The van der Waals surface area contributed by atoms with Crippen molar-refractivity contribution in [3.05, 3.63) is 134 Å². The second-order valence-electron chi connectivity index (χ2n) is 17.7. The molecule has 5 nitrogen and oxygen atoms in total. The monoisotopic (exact) mass is 939 g/mol. The molecule has 0 saturated heterocycles. The van der Waals surface area contributed by atoms with Gasteiger partial charge in [0.1, 0.15) is 6.61 Å². The molecule has 0 aliphatic carbocycles. The van der Waals surface area contributed by atoms with Crippen LogP contribution in [0.1, 0.15) is 226 Å². The molecule has 1 unspecified atom stereocenters. The van der Waals surface area contributed by atoms with Crippen LogP contribution in [0.5, 0.6) is 0 Å². The van der Waals surface area contributed by atoms with Crippen molar-refractivity contribution in [1.82, 2.24) is 0 Å². The standard InChI is InChI=1S/C63H102O5/c1-4-7-10-13-16-19-22-25-28-30-31-32-34-37-40-43-46-49-52-55-58-66-59-61(68-63(65)57-54-51-48-45-42-39-35-27-24-21-18-15-12-9-6-3)60-67-62(64)56-53-50-47-44-41-38-36-33-29-26-23-20-17-14-11-8-5-2/h7-8,10-11,16-17,19-20,25-26,28-29,31-32,36-38,40,44,46-47,49,61H,4-6,9,12-15,18,21-24,27,30,33-35,39,41-43,45,48,50-60H2,1-3H3/b10-7-,11-8-,19-16-,20-17-,28-25-,29-26-,32-31-,38-36-,40-37-,47-44-,49-46-. The minimum Gasteiger partial charge on any atom is -0.462 e. The Balaban J connectivity index is 4.48. The Labute approximate surface area is 419 Å². The fourth-order valence-corrected chi connectivity index (χ4v) is 7.15. The van der Waals surface area contributed by atoms with Crippen LogP contribution in [0.15, 0.2) is 134 Å². The Bertz CT molecular complexity index is 1430. The Kier molecular flexibility index (Phi) is 54.0. The van der Waals surface area contributed by atoms with E-state index >= 15 is 0 Å². The summed E-state index contributed by atoms with van der Waals surface area (Å²) >= 11 is 0. The van der Waals surface area contributed by atoms with Crippen LogP contribution in [-0.2, 0) is 23.8 Å². The molecular weight excluding hydrogens is 837 g/mol. The number of carbonyl (C=O) groups excluding carboxylic acids is 2. The van der Waals surface area contributed by atoms with Gasteiger partial charge in [-0.1, -0.05) is 244 Å². The molecule has 0 spiro atoms. The molecule has 0 aliphatic rings. The van der Waals surface area contributed by atoms with Crippen molar-refractivity contribution in [2.24, 2.45) is 0 Å². The zero-order valence-corrected chi connectivity index (χ0v) is 44.1. The molecule has 5 heteroatoms. The lowest BCUT2D eigenvalue weighted by Gasteiger charge is -2.18. The van der Waals surface area contributed by atoms with Crippen LogP contribution in [0.3, 0.4) is 0 Å². The molecule has 0 N–H and O–H groups in total. The molecule has 68 heavy (non-hydrogen) atoms. The number of esters is 2. The Morgan fingerprint density at radius 3 is 1.04 bits per heavy atom. The lowest BCUT2D eigenvalue weighted by molar-refractivity contribution is -0.162. The van der Waals surface area contributed by atoms with Crippen LogP contribution in [0.25, 0.3) is 0 Å². The highest BCUT2D eigenvalue weighted by Crippen LogP contribution is 2.14. The van der Waals surface area contributed by atoms with Gasteiger partial charge in [-0.15, -0.1) is 0 Å². The number of rotatable bonds is 49. The highest BCUT2D eigenvalue weighted by Gasteiger charge is 2.17. The van der Waals surface area contributed by atoms with Crippen LogP contribution in [0.2, 0.25) is 0 Å². The molecule has 0 aromatic rings. The maximum Gasteiger partial charge on any atom is 0.306 e. The largest absolute Gasteiger partial charge is 0.462 e. The van der Waals surface area contributed by atoms with Crippen LogP contribution in [0, 0.1) is 0 Å². The summed E-state index contributed by atoms with van der Waals surface area (Å²) in [6.07, 6.45) is 82.0. The minimum absolute atomic E-state index is 0.0260. The third-order valence-corrected chi connectivity index (χ3v) is 11.2. The van der Waals surface area contributed by atoms with Crippen molar-refractivity contribution in [3.63, 3.8) is 0 Å². The molecule has 0 rings (SSSR count). The third-order valence-electron chi connectivity index (χ3n) is 11.2. The van der Waals surface area contributed by atoms with E-state index in [2.05, 4.69) is 154 Å². The zero-order chi connectivity index (χ0) is 49.2. The van der Waals surface area contributed by atoms with E-state index in [1.54, 1.807) is 0 Å². The average molecular weight is 940 g/mol. The van der Waals surface area contributed by atoms with Crippen molar-refractivity contribution >= 4 is 11.9 Å². The number of hydrogen-bond acceptors (Lipinski definition) is 5. The molecule has 0 fully saturated rings. The summed E-state index contributed by atoms with van der Waals surface area (Å²) in [5.74, 6) is -0.501. The first-order chi connectivity index (χ1) is 33.6. The van der Waals surface area contributed by atoms with E-state index in [1.165, 1.54) is 77.0 Å². The number of carbonyl (C=O) groups is 2. The zero-order valence-electron chi connectivity index (χ0n) is 44.1. The number of hydrogen-bond donors (Lipinski definition) is 0. The Morgan fingerprint density at radius 2 is 0.662 bits per heavy atom. The normalized spacial score (nSPS) is 13.3. The quantitative estimate of drug-likeness (QED) is 0.0345. The van der Waals surface area contributed by atoms with Crippen LogP contribution >= 0.6 is 0 Å². The maximum atomic E-state index is 12.8. The number of unbranched alkanes of at least 4 members (excludes halogenated alkanes) is 16. The molecule has 0 heterocycles. The third kappa shape index (κ3) is 54.6. The summed E-state index contributed by atoms with van der Waals surface area (Å²) in [4.78, 5) is 25.5. The Morgan fingerprint density at radius 1 is 0.338 bits per heavy atom. The van der Waals surface area contributed by atoms with E-state index in [-0.39, 0.29) is 25.2 Å². The van der Waals surface area contributed by atoms with Crippen LogP contribution in [-0.4, -0.2) is 37.9 Å². The second-order valence-corrected chi connectivity index (χ2v) is 17.7. The molecule has 0 radical (unpaired) electrons.